The molecule has 28 heavy (non-hydrogen) atoms. The number of quaternary nitrogens is 1. The van der Waals surface area contributed by atoms with Crippen LogP contribution in [0.1, 0.15) is 11.6 Å². The Morgan fingerprint density at radius 2 is 1.86 bits per heavy atom. The van der Waals surface area contributed by atoms with Crippen LogP contribution in [0.25, 0.3) is 0 Å². The van der Waals surface area contributed by atoms with Gasteiger partial charge < -0.3 is 14.5 Å². The number of hydrogen-bond donors (Lipinski definition) is 1. The summed E-state index contributed by atoms with van der Waals surface area (Å²) in [5, 5.41) is 11.8. The van der Waals surface area contributed by atoms with Gasteiger partial charge >= 0.3 is 5.97 Å². The summed E-state index contributed by atoms with van der Waals surface area (Å²) >= 11 is 12.6. The molecule has 0 aliphatic carbocycles. The molecule has 1 atom stereocenters. The number of non-ortho nitro benzene ring substituents is 1. The number of nitro groups is 1. The number of esters is 1. The standard InChI is InChI=1S/C19H19Cl2N3O4/c1-28-19(25)18(14-4-2-3-5-15(14)20)23-10-8-22(9-11-23)17-7-6-13(24(26)27)12-16(17)21/h2-7,12,18H,8-11H2,1H3/p+1. The van der Waals surface area contributed by atoms with E-state index in [2.05, 4.69) is 4.90 Å². The predicted octanol–water partition coefficient (Wildman–Crippen LogP) is 2.52. The van der Waals surface area contributed by atoms with E-state index in [-0.39, 0.29) is 11.7 Å². The molecule has 0 radical (unpaired) electrons. The van der Waals surface area contributed by atoms with Crippen LogP contribution in [0.4, 0.5) is 11.4 Å². The lowest BCUT2D eigenvalue weighted by molar-refractivity contribution is -0.923. The van der Waals surface area contributed by atoms with Gasteiger partial charge in [-0.3, -0.25) is 10.1 Å². The molecule has 2 aromatic carbocycles. The third-order valence-corrected chi connectivity index (χ3v) is 5.60. The number of nitrogens with one attached hydrogen (secondary N) is 1. The minimum atomic E-state index is -0.506. The number of benzene rings is 2. The highest BCUT2D eigenvalue weighted by Gasteiger charge is 2.36. The monoisotopic (exact) mass is 424 g/mol. The smallest absolute Gasteiger partial charge is 0.369 e. The number of carbonyl (C=O) groups excluding carboxylic acids is 1. The van der Waals surface area contributed by atoms with Crippen molar-refractivity contribution in [2.45, 2.75) is 6.04 Å². The van der Waals surface area contributed by atoms with Crippen LogP contribution in [-0.2, 0) is 9.53 Å². The first-order valence-electron chi connectivity index (χ1n) is 8.78. The van der Waals surface area contributed by atoms with Crippen LogP contribution in [0.2, 0.25) is 10.0 Å². The minimum absolute atomic E-state index is 0.0394. The Kier molecular flexibility index (Phi) is 6.39. The second-order valence-corrected chi connectivity index (χ2v) is 7.33. The number of piperazine rings is 1. The Morgan fingerprint density at radius 3 is 2.43 bits per heavy atom. The number of carbonyl (C=O) groups is 1. The summed E-state index contributed by atoms with van der Waals surface area (Å²) in [6, 6.07) is 11.2. The minimum Gasteiger partial charge on any atom is -0.464 e. The van der Waals surface area contributed by atoms with Gasteiger partial charge in [-0.2, -0.15) is 0 Å². The van der Waals surface area contributed by atoms with Gasteiger partial charge in [0.15, 0.2) is 0 Å². The van der Waals surface area contributed by atoms with Crippen LogP contribution >= 0.6 is 23.2 Å². The van der Waals surface area contributed by atoms with Crippen molar-refractivity contribution >= 4 is 40.5 Å². The van der Waals surface area contributed by atoms with Crippen LogP contribution in [0.5, 0.6) is 0 Å². The summed E-state index contributed by atoms with van der Waals surface area (Å²) in [5.74, 6) is -0.329. The normalized spacial score (nSPS) is 15.9. The lowest BCUT2D eigenvalue weighted by Gasteiger charge is -2.37. The molecule has 1 unspecified atom stereocenters. The fraction of sp³-hybridized carbons (Fsp3) is 0.316. The van der Waals surface area contributed by atoms with E-state index in [1.165, 1.54) is 19.2 Å². The summed E-state index contributed by atoms with van der Waals surface area (Å²) in [6.45, 7) is 2.62. The molecular formula is C19H20Cl2N3O4+. The summed E-state index contributed by atoms with van der Waals surface area (Å²) in [7, 11) is 1.37. The van der Waals surface area contributed by atoms with Crippen molar-refractivity contribution in [2.75, 3.05) is 38.2 Å². The van der Waals surface area contributed by atoms with Gasteiger partial charge in [-0.05, 0) is 12.1 Å². The van der Waals surface area contributed by atoms with Crippen LogP contribution in [0.3, 0.4) is 0 Å². The third-order valence-electron chi connectivity index (χ3n) is 4.95. The fourth-order valence-corrected chi connectivity index (χ4v) is 4.07. The van der Waals surface area contributed by atoms with Gasteiger partial charge in [-0.25, -0.2) is 4.79 Å². The van der Waals surface area contributed by atoms with Gasteiger partial charge in [0.25, 0.3) is 5.69 Å². The summed E-state index contributed by atoms with van der Waals surface area (Å²) in [5.41, 5.74) is 1.45. The van der Waals surface area contributed by atoms with Crippen molar-refractivity contribution in [1.29, 1.82) is 0 Å². The lowest BCUT2D eigenvalue weighted by Crippen LogP contribution is -3.16. The molecule has 0 aromatic heterocycles. The number of halogens is 2. The highest BCUT2D eigenvalue weighted by molar-refractivity contribution is 6.33. The second kappa shape index (κ2) is 8.77. The molecule has 1 aliphatic rings. The SMILES string of the molecule is COC(=O)C(c1ccccc1Cl)[NH+]1CCN(c2ccc([N+](=O)[O-])cc2Cl)CC1. The highest BCUT2D eigenvalue weighted by atomic mass is 35.5. The number of ether oxygens (including phenoxy) is 1. The number of hydrogen-bond acceptors (Lipinski definition) is 5. The second-order valence-electron chi connectivity index (χ2n) is 6.52. The van der Waals surface area contributed by atoms with Gasteiger partial charge in [0, 0.05) is 17.7 Å². The highest BCUT2D eigenvalue weighted by Crippen LogP contribution is 2.30. The Balaban J connectivity index is 1.77. The van der Waals surface area contributed by atoms with Crippen LogP contribution < -0.4 is 9.80 Å². The molecule has 9 heteroatoms. The van der Waals surface area contributed by atoms with E-state index in [1.807, 2.05) is 18.2 Å². The molecule has 7 nitrogen and oxygen atoms in total. The molecular weight excluding hydrogens is 405 g/mol. The van der Waals surface area contributed by atoms with Crippen LogP contribution in [0.15, 0.2) is 42.5 Å². The first-order chi connectivity index (χ1) is 13.4. The summed E-state index contributed by atoms with van der Waals surface area (Å²) in [4.78, 5) is 26.0. The van der Waals surface area contributed by atoms with E-state index in [9.17, 15) is 14.9 Å². The topological polar surface area (TPSA) is 77.1 Å². The maximum absolute atomic E-state index is 12.5. The number of anilines is 1. The van der Waals surface area contributed by atoms with Crippen molar-refractivity contribution in [3.8, 4) is 0 Å². The zero-order valence-electron chi connectivity index (χ0n) is 15.2. The Labute approximate surface area is 172 Å². The van der Waals surface area contributed by atoms with Crippen molar-refractivity contribution in [2.24, 2.45) is 0 Å². The van der Waals surface area contributed by atoms with E-state index in [4.69, 9.17) is 27.9 Å². The van der Waals surface area contributed by atoms with Crippen LogP contribution in [-0.4, -0.2) is 44.2 Å². The quantitative estimate of drug-likeness (QED) is 0.453. The summed E-state index contributed by atoms with van der Waals surface area (Å²) < 4.78 is 5.02. The number of nitro benzene ring substituents is 1. The number of methoxy groups -OCH3 is 1. The van der Waals surface area contributed by atoms with Gasteiger partial charge in [-0.15, -0.1) is 0 Å². The van der Waals surface area contributed by atoms with E-state index in [0.717, 1.165) is 16.2 Å². The molecule has 1 aliphatic heterocycles. The maximum Gasteiger partial charge on any atom is 0.369 e. The third kappa shape index (κ3) is 4.22. The first kappa shape index (κ1) is 20.4. The Hall–Kier alpha value is -2.35. The molecule has 1 saturated heterocycles. The average Bonchev–Trinajstić information content (AvgIpc) is 2.70. The number of nitrogens with zero attached hydrogens (tertiary/aromatic N) is 2. The van der Waals surface area contributed by atoms with Gasteiger partial charge in [0.2, 0.25) is 6.04 Å². The largest absolute Gasteiger partial charge is 0.464 e. The molecule has 1 heterocycles. The maximum atomic E-state index is 12.5. The fourth-order valence-electron chi connectivity index (χ4n) is 3.53. The Morgan fingerprint density at radius 1 is 1.18 bits per heavy atom. The predicted molar refractivity (Wildman–Crippen MR) is 107 cm³/mol. The molecule has 1 N–H and O–H groups in total. The number of rotatable bonds is 5. The van der Waals surface area contributed by atoms with Crippen molar-refractivity contribution < 1.29 is 19.4 Å². The molecule has 0 spiro atoms. The van der Waals surface area contributed by atoms with Gasteiger partial charge in [0.05, 0.1) is 53.9 Å². The van der Waals surface area contributed by atoms with E-state index in [1.54, 1.807) is 12.1 Å². The molecule has 0 amide bonds. The van der Waals surface area contributed by atoms with E-state index in [0.29, 0.717) is 36.2 Å². The molecule has 0 bridgehead atoms. The van der Waals surface area contributed by atoms with Crippen LogP contribution in [0, 0.1) is 10.1 Å². The van der Waals surface area contributed by atoms with Gasteiger partial charge in [0.1, 0.15) is 0 Å². The van der Waals surface area contributed by atoms with Crippen molar-refractivity contribution in [3.05, 3.63) is 68.2 Å². The van der Waals surface area contributed by atoms with Crippen molar-refractivity contribution in [3.63, 3.8) is 0 Å². The molecule has 148 valence electrons. The first-order valence-corrected chi connectivity index (χ1v) is 9.53. The molecule has 1 fully saturated rings. The molecule has 3 rings (SSSR count). The molecule has 0 saturated carbocycles. The average molecular weight is 425 g/mol. The zero-order valence-corrected chi connectivity index (χ0v) is 16.7. The summed E-state index contributed by atoms with van der Waals surface area (Å²) in [6.07, 6.45) is 0. The van der Waals surface area contributed by atoms with E-state index >= 15 is 0 Å². The Bertz CT molecular complexity index is 885. The zero-order chi connectivity index (χ0) is 20.3. The molecule has 2 aromatic rings. The lowest BCUT2D eigenvalue weighted by atomic mass is 10.0. The van der Waals surface area contributed by atoms with Gasteiger partial charge in [-0.1, -0.05) is 41.4 Å². The van der Waals surface area contributed by atoms with E-state index < -0.39 is 11.0 Å². The van der Waals surface area contributed by atoms with Crippen molar-refractivity contribution in [1.82, 2.24) is 0 Å².